The summed E-state index contributed by atoms with van der Waals surface area (Å²) in [4.78, 5) is 0. The molecule has 1 nitrogen and oxygen atoms in total. The lowest BCUT2D eigenvalue weighted by atomic mass is 10.2. The number of hydrogen-bond acceptors (Lipinski definition) is 1. The average Bonchev–Trinajstić information content (AvgIpc) is 2.31. The quantitative estimate of drug-likeness (QED) is 0.848. The van der Waals surface area contributed by atoms with Gasteiger partial charge in [-0.2, -0.15) is 0 Å². The molecule has 2 aromatic carbocycles. The van der Waals surface area contributed by atoms with Crippen LogP contribution in [0.1, 0.15) is 5.56 Å². The fraction of sp³-hybridized carbons (Fsp3) is 0.0769. The highest BCUT2D eigenvalue weighted by molar-refractivity contribution is 6.33. The number of nitrogens with one attached hydrogen (secondary N) is 1. The molecule has 0 aliphatic carbocycles. The van der Waals surface area contributed by atoms with E-state index in [4.69, 9.17) is 23.2 Å². The molecule has 2 aromatic rings. The van der Waals surface area contributed by atoms with Gasteiger partial charge in [-0.25, -0.2) is 8.78 Å². The van der Waals surface area contributed by atoms with Crippen LogP contribution >= 0.6 is 23.2 Å². The molecule has 0 saturated heterocycles. The first-order valence-corrected chi connectivity index (χ1v) is 5.95. The van der Waals surface area contributed by atoms with Crippen molar-refractivity contribution in [2.45, 2.75) is 6.54 Å². The van der Waals surface area contributed by atoms with Gasteiger partial charge in [-0.15, -0.1) is 0 Å². The van der Waals surface area contributed by atoms with Crippen LogP contribution in [-0.4, -0.2) is 0 Å². The minimum absolute atomic E-state index is 0.208. The van der Waals surface area contributed by atoms with Gasteiger partial charge in [-0.05, 0) is 29.8 Å². The first kappa shape index (κ1) is 13.1. The summed E-state index contributed by atoms with van der Waals surface area (Å²) in [6.45, 7) is 0.264. The predicted octanol–water partition coefficient (Wildman–Crippen LogP) is 4.88. The average molecular weight is 288 g/mol. The Morgan fingerprint density at radius 1 is 1.00 bits per heavy atom. The first-order valence-electron chi connectivity index (χ1n) is 5.20. The number of benzene rings is 2. The van der Waals surface area contributed by atoms with Gasteiger partial charge < -0.3 is 5.32 Å². The van der Waals surface area contributed by atoms with Crippen molar-refractivity contribution in [3.63, 3.8) is 0 Å². The summed E-state index contributed by atoms with van der Waals surface area (Å²) < 4.78 is 26.3. The standard InChI is InChI=1S/C13H9Cl2F2N/c14-10-2-1-3-12(17)13(10)18-7-8-4-5-9(16)6-11(8)15/h1-6,18H,7H2. The van der Waals surface area contributed by atoms with Crippen LogP contribution in [-0.2, 0) is 6.54 Å². The maximum atomic E-state index is 13.5. The summed E-state index contributed by atoms with van der Waals surface area (Å²) in [6, 6.07) is 8.46. The van der Waals surface area contributed by atoms with E-state index in [2.05, 4.69) is 5.32 Å². The lowest BCUT2D eigenvalue weighted by molar-refractivity contribution is 0.626. The van der Waals surface area contributed by atoms with Crippen molar-refractivity contribution < 1.29 is 8.78 Å². The van der Waals surface area contributed by atoms with Gasteiger partial charge in [-0.1, -0.05) is 35.3 Å². The normalized spacial score (nSPS) is 10.4. The number of halogens is 4. The van der Waals surface area contributed by atoms with Crippen LogP contribution in [0.5, 0.6) is 0 Å². The Labute approximate surface area is 113 Å². The Morgan fingerprint density at radius 2 is 1.78 bits per heavy atom. The minimum Gasteiger partial charge on any atom is -0.377 e. The second-order valence-electron chi connectivity index (χ2n) is 3.69. The van der Waals surface area contributed by atoms with Crippen LogP contribution in [0.15, 0.2) is 36.4 Å². The second-order valence-corrected chi connectivity index (χ2v) is 4.50. The lowest BCUT2D eigenvalue weighted by Crippen LogP contribution is -2.02. The van der Waals surface area contributed by atoms with Crippen LogP contribution < -0.4 is 5.32 Å². The molecule has 0 amide bonds. The second kappa shape index (κ2) is 5.55. The van der Waals surface area contributed by atoms with Gasteiger partial charge >= 0.3 is 0 Å². The molecule has 1 N–H and O–H groups in total. The molecular weight excluding hydrogens is 279 g/mol. The SMILES string of the molecule is Fc1ccc(CNc2c(F)cccc2Cl)c(Cl)c1. The van der Waals surface area contributed by atoms with E-state index in [1.807, 2.05) is 0 Å². The molecule has 0 fully saturated rings. The van der Waals surface area contributed by atoms with E-state index in [1.54, 1.807) is 12.1 Å². The fourth-order valence-corrected chi connectivity index (χ4v) is 1.98. The van der Waals surface area contributed by atoms with Crippen molar-refractivity contribution in [1.29, 1.82) is 0 Å². The van der Waals surface area contributed by atoms with E-state index in [9.17, 15) is 8.78 Å². The van der Waals surface area contributed by atoms with E-state index in [0.717, 1.165) is 0 Å². The summed E-state index contributed by atoms with van der Waals surface area (Å²) in [5, 5.41) is 3.42. The molecule has 0 saturated carbocycles. The number of rotatable bonds is 3. The Bertz CT molecular complexity index is 553. The molecule has 0 bridgehead atoms. The summed E-state index contributed by atoms with van der Waals surface area (Å²) >= 11 is 11.7. The minimum atomic E-state index is -0.444. The predicted molar refractivity (Wildman–Crippen MR) is 70.1 cm³/mol. The molecule has 0 spiro atoms. The van der Waals surface area contributed by atoms with Crippen molar-refractivity contribution >= 4 is 28.9 Å². The molecule has 0 radical (unpaired) electrons. The highest BCUT2D eigenvalue weighted by Gasteiger charge is 2.07. The summed E-state index contributed by atoms with van der Waals surface area (Å²) in [6.07, 6.45) is 0. The highest BCUT2D eigenvalue weighted by Crippen LogP contribution is 2.26. The zero-order valence-corrected chi connectivity index (χ0v) is 10.7. The molecule has 0 aliphatic heterocycles. The number of hydrogen-bond donors (Lipinski definition) is 1. The van der Waals surface area contributed by atoms with Gasteiger partial charge in [0.2, 0.25) is 0 Å². The molecule has 5 heteroatoms. The summed E-state index contributed by atoms with van der Waals surface area (Å²) in [5.74, 6) is -0.853. The summed E-state index contributed by atoms with van der Waals surface area (Å²) in [7, 11) is 0. The molecule has 0 aromatic heterocycles. The van der Waals surface area contributed by atoms with Gasteiger partial charge in [0, 0.05) is 11.6 Å². The van der Waals surface area contributed by atoms with Crippen LogP contribution in [0, 0.1) is 11.6 Å². The van der Waals surface area contributed by atoms with Gasteiger partial charge in [-0.3, -0.25) is 0 Å². The van der Waals surface area contributed by atoms with Crippen LogP contribution in [0.25, 0.3) is 0 Å². The molecule has 0 atom stereocenters. The molecular formula is C13H9Cl2F2N. The van der Waals surface area contributed by atoms with Gasteiger partial charge in [0.15, 0.2) is 0 Å². The molecule has 0 unspecified atom stereocenters. The Hall–Kier alpha value is -1.32. The number of para-hydroxylation sites is 1. The third kappa shape index (κ3) is 2.92. The van der Waals surface area contributed by atoms with Crippen molar-refractivity contribution in [3.8, 4) is 0 Å². The third-order valence-electron chi connectivity index (χ3n) is 2.43. The van der Waals surface area contributed by atoms with Crippen molar-refractivity contribution in [2.75, 3.05) is 5.32 Å². The molecule has 0 aliphatic rings. The fourth-order valence-electron chi connectivity index (χ4n) is 1.52. The van der Waals surface area contributed by atoms with Crippen LogP contribution in [0.3, 0.4) is 0 Å². The Morgan fingerprint density at radius 3 is 2.44 bits per heavy atom. The van der Waals surface area contributed by atoms with Gasteiger partial charge in [0.25, 0.3) is 0 Å². The molecule has 94 valence electrons. The maximum Gasteiger partial charge on any atom is 0.147 e. The van der Waals surface area contributed by atoms with Crippen LogP contribution in [0.4, 0.5) is 14.5 Å². The first-order chi connectivity index (χ1) is 8.58. The maximum absolute atomic E-state index is 13.5. The monoisotopic (exact) mass is 287 g/mol. The van der Waals surface area contributed by atoms with E-state index >= 15 is 0 Å². The van der Waals surface area contributed by atoms with E-state index in [1.165, 1.54) is 24.3 Å². The highest BCUT2D eigenvalue weighted by atomic mass is 35.5. The Kier molecular flexibility index (Phi) is 4.04. The van der Waals surface area contributed by atoms with E-state index in [-0.39, 0.29) is 22.3 Å². The summed E-state index contributed by atoms with van der Waals surface area (Å²) in [5.41, 5.74) is 0.872. The molecule has 2 rings (SSSR count). The number of anilines is 1. The van der Waals surface area contributed by atoms with Gasteiger partial charge in [0.1, 0.15) is 11.6 Å². The third-order valence-corrected chi connectivity index (χ3v) is 3.10. The van der Waals surface area contributed by atoms with Gasteiger partial charge in [0.05, 0.1) is 10.7 Å². The van der Waals surface area contributed by atoms with Crippen LogP contribution in [0.2, 0.25) is 10.0 Å². The molecule has 0 heterocycles. The van der Waals surface area contributed by atoms with Crippen molar-refractivity contribution in [2.24, 2.45) is 0 Å². The van der Waals surface area contributed by atoms with E-state index in [0.29, 0.717) is 5.56 Å². The largest absolute Gasteiger partial charge is 0.377 e. The topological polar surface area (TPSA) is 12.0 Å². The zero-order valence-electron chi connectivity index (χ0n) is 9.18. The molecule has 18 heavy (non-hydrogen) atoms. The van der Waals surface area contributed by atoms with Crippen molar-refractivity contribution in [3.05, 3.63) is 63.6 Å². The zero-order chi connectivity index (χ0) is 13.1. The van der Waals surface area contributed by atoms with Crippen molar-refractivity contribution in [1.82, 2.24) is 0 Å². The Balaban J connectivity index is 2.16. The lowest BCUT2D eigenvalue weighted by Gasteiger charge is -2.10. The van der Waals surface area contributed by atoms with E-state index < -0.39 is 11.6 Å². The smallest absolute Gasteiger partial charge is 0.147 e.